The van der Waals surface area contributed by atoms with Crippen LogP contribution in [0.3, 0.4) is 0 Å². The van der Waals surface area contributed by atoms with Gasteiger partial charge in [-0.05, 0) is 13.0 Å². The van der Waals surface area contributed by atoms with Crippen LogP contribution in [-0.2, 0) is 32.5 Å². The second-order valence-electron chi connectivity index (χ2n) is 7.15. The average molecular weight is 481 g/mol. The summed E-state index contributed by atoms with van der Waals surface area (Å²) in [5.41, 5.74) is 4.96. The molecule has 2 aliphatic heterocycles. The van der Waals surface area contributed by atoms with Gasteiger partial charge in [0, 0.05) is 29.9 Å². The summed E-state index contributed by atoms with van der Waals surface area (Å²) in [7, 11) is 4.91. The van der Waals surface area contributed by atoms with E-state index in [2.05, 4.69) is 14.5 Å². The fourth-order valence-corrected chi connectivity index (χ4v) is 4.86. The van der Waals surface area contributed by atoms with E-state index in [1.165, 1.54) is 23.9 Å². The molecule has 1 aromatic heterocycles. The summed E-state index contributed by atoms with van der Waals surface area (Å²) in [6, 6.07) is 1.48. The number of methoxy groups -OCH3 is 2. The summed E-state index contributed by atoms with van der Waals surface area (Å²) in [5, 5.41) is 9.74. The highest BCUT2D eigenvalue weighted by Crippen LogP contribution is 2.37. The fourth-order valence-electron chi connectivity index (χ4n) is 3.83. The van der Waals surface area contributed by atoms with Gasteiger partial charge in [-0.25, -0.2) is 4.79 Å². The third-order valence-electron chi connectivity index (χ3n) is 5.33. The number of hydrogen-bond donors (Lipinski definition) is 2. The smallest absolute Gasteiger partial charge is 0.351 e. The molecule has 0 amide bonds. The van der Waals surface area contributed by atoms with Crippen molar-refractivity contribution in [2.75, 3.05) is 33.2 Å². The van der Waals surface area contributed by atoms with Crippen LogP contribution in [0.4, 0.5) is 5.82 Å². The lowest BCUT2D eigenvalue weighted by Gasteiger charge is -2.24. The molecule has 0 radical (unpaired) electrons. The van der Waals surface area contributed by atoms with Crippen LogP contribution in [0.5, 0.6) is 0 Å². The van der Waals surface area contributed by atoms with Crippen LogP contribution in [0.15, 0.2) is 17.1 Å². The lowest BCUT2D eigenvalue weighted by molar-refractivity contribution is -0.0624. The van der Waals surface area contributed by atoms with E-state index in [0.717, 1.165) is 0 Å². The van der Waals surface area contributed by atoms with Gasteiger partial charge in [0.25, 0.3) is 0 Å². The second-order valence-corrected chi connectivity index (χ2v) is 8.11. The molecule has 2 saturated heterocycles. The summed E-state index contributed by atoms with van der Waals surface area (Å²) in [6.45, 7) is 1.80. The van der Waals surface area contributed by atoms with Crippen molar-refractivity contribution in [2.24, 2.45) is 0 Å². The van der Waals surface area contributed by atoms with Gasteiger partial charge in [0.15, 0.2) is 15.3 Å². The van der Waals surface area contributed by atoms with Crippen molar-refractivity contribution in [2.45, 2.75) is 55.9 Å². The van der Waals surface area contributed by atoms with Gasteiger partial charge in [-0.1, -0.05) is 0 Å². The molecule has 12 nitrogen and oxygen atoms in total. The van der Waals surface area contributed by atoms with Gasteiger partial charge in [0.1, 0.15) is 42.4 Å². The molecule has 3 N–H and O–H groups in total. The van der Waals surface area contributed by atoms with E-state index >= 15 is 0 Å². The van der Waals surface area contributed by atoms with Crippen molar-refractivity contribution >= 4 is 24.3 Å². The zero-order valence-electron chi connectivity index (χ0n) is 17.5. The van der Waals surface area contributed by atoms with Crippen molar-refractivity contribution in [1.29, 1.82) is 0 Å². The first kappa shape index (κ1) is 24.9. The highest BCUT2D eigenvalue weighted by atomic mass is 31.1. The first-order valence-electron chi connectivity index (χ1n) is 9.65. The molecule has 2 fully saturated rings. The average Bonchev–Trinajstić information content (AvgIpc) is 3.26. The van der Waals surface area contributed by atoms with Crippen molar-refractivity contribution in [3.8, 4) is 0 Å². The number of aliphatic hydroxyl groups is 1. The van der Waals surface area contributed by atoms with Gasteiger partial charge in [0.05, 0.1) is 19.3 Å². The molecule has 0 bridgehead atoms. The quantitative estimate of drug-likeness (QED) is 0.333. The number of hydrogen-bond acceptors (Lipinski definition) is 11. The maximum absolute atomic E-state index is 12.2. The second kappa shape index (κ2) is 11.4. The minimum absolute atomic E-state index is 0.0986. The van der Waals surface area contributed by atoms with E-state index in [9.17, 15) is 9.90 Å². The molecule has 10 unspecified atom stereocenters. The Labute approximate surface area is 183 Å². The summed E-state index contributed by atoms with van der Waals surface area (Å²) < 4.78 is 40.8. The molecule has 31 heavy (non-hydrogen) atoms. The molecule has 10 atom stereocenters. The van der Waals surface area contributed by atoms with Crippen molar-refractivity contribution in [3.63, 3.8) is 0 Å². The Morgan fingerprint density at radius 2 is 1.97 bits per heavy atom. The van der Waals surface area contributed by atoms with Gasteiger partial charge >= 0.3 is 5.69 Å². The number of ether oxygens (including phenoxy) is 4. The fraction of sp³-hybridized carbons (Fsp3) is 0.765. The first-order valence-corrected chi connectivity index (χ1v) is 10.9. The van der Waals surface area contributed by atoms with Crippen LogP contribution in [-0.4, -0.2) is 84.8 Å². The zero-order valence-corrected chi connectivity index (χ0v) is 19.6. The number of aromatic nitrogens is 2. The van der Waals surface area contributed by atoms with Crippen LogP contribution in [0, 0.1) is 0 Å². The van der Waals surface area contributed by atoms with Gasteiger partial charge in [-0.2, -0.15) is 4.98 Å². The standard InChI is InChI=1S/C17H29N3O9P2/c1-8-12(23-2)13(28-30)10(26-8)7-25-31-29-14-9(6-21)27-16(15(14)24-3)20-5-4-11(18)19-17(20)22/h4-5,8-10,12-16,21,31H,6-7,30H2,1-3H3,(H2,18,19,22). The van der Waals surface area contributed by atoms with Gasteiger partial charge in [0.2, 0.25) is 0 Å². The van der Waals surface area contributed by atoms with E-state index in [-0.39, 0.29) is 52.5 Å². The molecule has 3 rings (SSSR count). The summed E-state index contributed by atoms with van der Waals surface area (Å²) in [5.74, 6) is 0.0986. The van der Waals surface area contributed by atoms with Crippen LogP contribution < -0.4 is 11.4 Å². The Morgan fingerprint density at radius 3 is 2.58 bits per heavy atom. The number of rotatable bonds is 10. The van der Waals surface area contributed by atoms with Crippen molar-refractivity contribution in [3.05, 3.63) is 22.7 Å². The van der Waals surface area contributed by atoms with Gasteiger partial charge < -0.3 is 43.4 Å². The summed E-state index contributed by atoms with van der Waals surface area (Å²) in [4.78, 5) is 15.9. The molecule has 0 aliphatic carbocycles. The molecule has 1 aromatic rings. The van der Waals surface area contributed by atoms with E-state index in [0.29, 0.717) is 0 Å². The minimum Gasteiger partial charge on any atom is -0.394 e. The third kappa shape index (κ3) is 5.42. The Balaban J connectivity index is 1.59. The zero-order chi connectivity index (χ0) is 22.5. The molecular weight excluding hydrogens is 452 g/mol. The number of nitrogens with zero attached hydrogens (tertiary/aromatic N) is 2. The van der Waals surface area contributed by atoms with Gasteiger partial charge in [-0.15, -0.1) is 0 Å². The molecule has 0 saturated carbocycles. The Morgan fingerprint density at radius 1 is 1.23 bits per heavy atom. The van der Waals surface area contributed by atoms with Crippen LogP contribution in [0.25, 0.3) is 0 Å². The lowest BCUT2D eigenvalue weighted by Crippen LogP contribution is -2.38. The molecule has 176 valence electrons. The number of anilines is 1. The largest absolute Gasteiger partial charge is 0.394 e. The number of nitrogen functional groups attached to an aromatic ring is 1. The molecule has 2 aliphatic rings. The number of nitrogens with two attached hydrogens (primary N) is 1. The predicted molar refractivity (Wildman–Crippen MR) is 114 cm³/mol. The SMILES string of the molecule is COC1C(C)OC(COPOC2C(CO)OC(n3ccc(N)nc3=O)C2OC)C1OP. The molecular formula is C17H29N3O9P2. The van der Waals surface area contributed by atoms with Gasteiger partial charge in [-0.3, -0.25) is 4.57 Å². The number of aliphatic hydroxyl groups excluding tert-OH is 1. The lowest BCUT2D eigenvalue weighted by atomic mass is 10.1. The van der Waals surface area contributed by atoms with Crippen LogP contribution in [0.1, 0.15) is 13.2 Å². The highest BCUT2D eigenvalue weighted by Gasteiger charge is 2.47. The molecule has 0 spiro atoms. The van der Waals surface area contributed by atoms with Crippen LogP contribution >= 0.6 is 18.5 Å². The topological polar surface area (TPSA) is 146 Å². The Kier molecular flexibility index (Phi) is 9.12. The maximum atomic E-state index is 12.2. The Bertz CT molecular complexity index is 773. The van der Waals surface area contributed by atoms with Crippen molar-refractivity contribution < 1.29 is 37.6 Å². The van der Waals surface area contributed by atoms with Crippen LogP contribution in [0.2, 0.25) is 0 Å². The summed E-state index contributed by atoms with van der Waals surface area (Å²) >= 11 is 0. The predicted octanol–water partition coefficient (Wildman–Crippen LogP) is -0.382. The highest BCUT2D eigenvalue weighted by molar-refractivity contribution is 7.26. The molecule has 3 heterocycles. The minimum atomic E-state index is -0.839. The Hall–Kier alpha value is -0.780. The molecule has 0 aromatic carbocycles. The monoisotopic (exact) mass is 481 g/mol. The normalized spacial score (nSPS) is 36.0. The van der Waals surface area contributed by atoms with E-state index in [4.69, 9.17) is 38.3 Å². The van der Waals surface area contributed by atoms with Crippen molar-refractivity contribution in [1.82, 2.24) is 9.55 Å². The van der Waals surface area contributed by atoms with E-state index < -0.39 is 30.2 Å². The van der Waals surface area contributed by atoms with E-state index in [1.807, 2.05) is 6.92 Å². The molecule has 14 heteroatoms. The summed E-state index contributed by atoms with van der Waals surface area (Å²) in [6.07, 6.45) is -2.42. The first-order chi connectivity index (χ1) is 14.9. The maximum Gasteiger partial charge on any atom is 0.351 e. The third-order valence-corrected chi connectivity index (χ3v) is 6.29. The van der Waals surface area contributed by atoms with E-state index in [1.54, 1.807) is 7.11 Å².